The molecule has 2 aromatic rings. The predicted octanol–water partition coefficient (Wildman–Crippen LogP) is 3.58. The molecule has 0 saturated carbocycles. The summed E-state index contributed by atoms with van der Waals surface area (Å²) in [5, 5.41) is 0.564. The third kappa shape index (κ3) is 3.82. The van der Waals surface area contributed by atoms with E-state index in [1.807, 2.05) is 36.1 Å². The fraction of sp³-hybridized carbons (Fsp3) is 0.333. The van der Waals surface area contributed by atoms with Gasteiger partial charge in [0.25, 0.3) is 11.8 Å². The third-order valence-electron chi connectivity index (χ3n) is 5.97. The van der Waals surface area contributed by atoms with E-state index in [0.29, 0.717) is 46.4 Å². The van der Waals surface area contributed by atoms with Gasteiger partial charge in [0.15, 0.2) is 0 Å². The molecule has 2 amide bonds. The number of amides is 2. The van der Waals surface area contributed by atoms with Crippen molar-refractivity contribution in [1.29, 1.82) is 0 Å². The van der Waals surface area contributed by atoms with Crippen LogP contribution in [0.2, 0.25) is 5.02 Å². The molecule has 2 aromatic carbocycles. The second-order valence-electron chi connectivity index (χ2n) is 7.72. The number of hydrogen-bond acceptors (Lipinski definition) is 5. The molecule has 0 N–H and O–H groups in total. The largest absolute Gasteiger partial charge is 0.496 e. The van der Waals surface area contributed by atoms with Crippen LogP contribution >= 0.6 is 11.6 Å². The summed E-state index contributed by atoms with van der Waals surface area (Å²) in [6.45, 7) is 8.02. The number of imide groups is 1. The Morgan fingerprint density at radius 2 is 1.71 bits per heavy atom. The molecule has 31 heavy (non-hydrogen) atoms. The molecule has 4 rings (SSSR count). The first-order valence-electron chi connectivity index (χ1n) is 10.5. The standard InChI is InChI=1S/C24H26ClN3O3/c1-4-26-11-13-27(14-12-26)22-21(18-7-5-6-8-20(18)31-3)23(29)28(24(22)30)19-10-9-17(25)15-16(19)2/h5-10,15H,4,11-14H2,1-3H3. The number of piperazine rings is 1. The van der Waals surface area contributed by atoms with E-state index in [1.54, 1.807) is 25.3 Å². The summed E-state index contributed by atoms with van der Waals surface area (Å²) in [6, 6.07) is 12.5. The molecule has 2 heterocycles. The lowest BCUT2D eigenvalue weighted by Gasteiger charge is -2.36. The van der Waals surface area contributed by atoms with Crippen LogP contribution in [-0.2, 0) is 9.59 Å². The number of likely N-dealkylation sites (N-methyl/N-ethyl adjacent to an activating group) is 1. The van der Waals surface area contributed by atoms with Crippen LogP contribution in [0.4, 0.5) is 5.69 Å². The zero-order valence-electron chi connectivity index (χ0n) is 18.0. The van der Waals surface area contributed by atoms with Gasteiger partial charge < -0.3 is 14.5 Å². The molecule has 7 heteroatoms. The summed E-state index contributed by atoms with van der Waals surface area (Å²) in [5.74, 6) is -0.0767. The summed E-state index contributed by atoms with van der Waals surface area (Å²) in [6.07, 6.45) is 0. The quantitative estimate of drug-likeness (QED) is 0.666. The Kier molecular flexibility index (Phi) is 6.03. The van der Waals surface area contributed by atoms with Gasteiger partial charge in [0.1, 0.15) is 11.4 Å². The number of para-hydroxylation sites is 1. The molecule has 162 valence electrons. The predicted molar refractivity (Wildman–Crippen MR) is 122 cm³/mol. The number of aryl methyl sites for hydroxylation is 1. The molecule has 0 aliphatic carbocycles. The van der Waals surface area contributed by atoms with E-state index >= 15 is 0 Å². The van der Waals surface area contributed by atoms with Gasteiger partial charge in [-0.2, -0.15) is 0 Å². The maximum Gasteiger partial charge on any atom is 0.282 e. The number of hydrogen-bond donors (Lipinski definition) is 0. The van der Waals surface area contributed by atoms with Crippen molar-refractivity contribution in [2.24, 2.45) is 0 Å². The number of anilines is 1. The van der Waals surface area contributed by atoms with Crippen LogP contribution in [0, 0.1) is 6.92 Å². The molecule has 1 fully saturated rings. The Morgan fingerprint density at radius 3 is 2.35 bits per heavy atom. The van der Waals surface area contributed by atoms with Crippen LogP contribution < -0.4 is 9.64 Å². The van der Waals surface area contributed by atoms with Gasteiger partial charge in [-0.15, -0.1) is 0 Å². The van der Waals surface area contributed by atoms with Crippen LogP contribution in [-0.4, -0.2) is 61.4 Å². The minimum absolute atomic E-state index is 0.304. The van der Waals surface area contributed by atoms with Crippen LogP contribution in [0.15, 0.2) is 48.2 Å². The molecule has 2 aliphatic rings. The number of benzene rings is 2. The normalized spacial score (nSPS) is 17.7. The minimum Gasteiger partial charge on any atom is -0.496 e. The highest BCUT2D eigenvalue weighted by Crippen LogP contribution is 2.39. The molecule has 2 aliphatic heterocycles. The Bertz CT molecular complexity index is 1060. The highest BCUT2D eigenvalue weighted by atomic mass is 35.5. The average molecular weight is 440 g/mol. The van der Waals surface area contributed by atoms with Gasteiger partial charge in [-0.05, 0) is 43.3 Å². The van der Waals surface area contributed by atoms with Crippen molar-refractivity contribution in [2.75, 3.05) is 44.7 Å². The fourth-order valence-corrected chi connectivity index (χ4v) is 4.51. The SMILES string of the molecule is CCN1CCN(C2=C(c3ccccc3OC)C(=O)N(c3ccc(Cl)cc3C)C2=O)CC1. The first-order valence-corrected chi connectivity index (χ1v) is 10.8. The topological polar surface area (TPSA) is 53.1 Å². The molecule has 0 unspecified atom stereocenters. The number of halogens is 1. The van der Waals surface area contributed by atoms with Crippen molar-refractivity contribution in [1.82, 2.24) is 9.80 Å². The lowest BCUT2D eigenvalue weighted by Crippen LogP contribution is -2.47. The lowest BCUT2D eigenvalue weighted by atomic mass is 10.0. The highest BCUT2D eigenvalue weighted by molar-refractivity contribution is 6.46. The van der Waals surface area contributed by atoms with Crippen molar-refractivity contribution in [3.05, 3.63) is 64.3 Å². The number of nitrogens with zero attached hydrogens (tertiary/aromatic N) is 3. The maximum absolute atomic E-state index is 13.7. The van der Waals surface area contributed by atoms with Gasteiger partial charge in [-0.1, -0.05) is 36.7 Å². The molecule has 6 nitrogen and oxygen atoms in total. The number of rotatable bonds is 5. The zero-order chi connectivity index (χ0) is 22.1. The first kappa shape index (κ1) is 21.4. The summed E-state index contributed by atoms with van der Waals surface area (Å²) in [7, 11) is 1.57. The lowest BCUT2D eigenvalue weighted by molar-refractivity contribution is -0.120. The van der Waals surface area contributed by atoms with Crippen molar-refractivity contribution >= 4 is 34.7 Å². The molecular weight excluding hydrogens is 414 g/mol. The van der Waals surface area contributed by atoms with Gasteiger partial charge in [0, 0.05) is 36.8 Å². The van der Waals surface area contributed by atoms with Crippen LogP contribution in [0.1, 0.15) is 18.1 Å². The molecule has 0 radical (unpaired) electrons. The van der Waals surface area contributed by atoms with Crippen molar-refractivity contribution in [2.45, 2.75) is 13.8 Å². The molecule has 0 bridgehead atoms. The summed E-state index contributed by atoms with van der Waals surface area (Å²) in [4.78, 5) is 33.1. The maximum atomic E-state index is 13.7. The van der Waals surface area contributed by atoms with E-state index in [0.717, 1.165) is 25.2 Å². The first-order chi connectivity index (χ1) is 15.0. The molecule has 0 atom stereocenters. The zero-order valence-corrected chi connectivity index (χ0v) is 18.8. The highest BCUT2D eigenvalue weighted by Gasteiger charge is 2.44. The minimum atomic E-state index is -0.340. The van der Waals surface area contributed by atoms with Crippen molar-refractivity contribution in [3.63, 3.8) is 0 Å². The summed E-state index contributed by atoms with van der Waals surface area (Å²) < 4.78 is 5.53. The molecule has 1 saturated heterocycles. The summed E-state index contributed by atoms with van der Waals surface area (Å²) in [5.41, 5.74) is 2.78. The second kappa shape index (κ2) is 8.73. The number of carbonyl (C=O) groups excluding carboxylic acids is 2. The number of methoxy groups -OCH3 is 1. The van der Waals surface area contributed by atoms with Gasteiger partial charge in [0.05, 0.1) is 18.4 Å². The van der Waals surface area contributed by atoms with Gasteiger partial charge >= 0.3 is 0 Å². The number of ether oxygens (including phenoxy) is 1. The van der Waals surface area contributed by atoms with Crippen molar-refractivity contribution < 1.29 is 14.3 Å². The smallest absolute Gasteiger partial charge is 0.282 e. The monoisotopic (exact) mass is 439 g/mol. The Balaban J connectivity index is 1.83. The van der Waals surface area contributed by atoms with E-state index in [4.69, 9.17) is 16.3 Å². The van der Waals surface area contributed by atoms with Crippen LogP contribution in [0.5, 0.6) is 5.75 Å². The van der Waals surface area contributed by atoms with Gasteiger partial charge in [0.2, 0.25) is 0 Å². The Morgan fingerprint density at radius 1 is 1.00 bits per heavy atom. The van der Waals surface area contributed by atoms with Gasteiger partial charge in [-0.3, -0.25) is 9.59 Å². The van der Waals surface area contributed by atoms with Crippen LogP contribution in [0.3, 0.4) is 0 Å². The molecule has 0 spiro atoms. The molecule has 0 aromatic heterocycles. The van der Waals surface area contributed by atoms with E-state index < -0.39 is 0 Å². The third-order valence-corrected chi connectivity index (χ3v) is 6.21. The molecular formula is C24H26ClN3O3. The fourth-order valence-electron chi connectivity index (χ4n) is 4.28. The van der Waals surface area contributed by atoms with E-state index in [2.05, 4.69) is 11.8 Å². The summed E-state index contributed by atoms with van der Waals surface area (Å²) >= 11 is 6.11. The van der Waals surface area contributed by atoms with E-state index in [1.165, 1.54) is 4.90 Å². The number of carbonyl (C=O) groups is 2. The van der Waals surface area contributed by atoms with E-state index in [-0.39, 0.29) is 11.8 Å². The Labute approximate surface area is 187 Å². The van der Waals surface area contributed by atoms with Crippen molar-refractivity contribution in [3.8, 4) is 5.75 Å². The van der Waals surface area contributed by atoms with Gasteiger partial charge in [-0.25, -0.2) is 4.90 Å². The van der Waals surface area contributed by atoms with Crippen LogP contribution in [0.25, 0.3) is 5.57 Å². The Hall–Kier alpha value is -2.83. The average Bonchev–Trinajstić information content (AvgIpc) is 3.04. The van der Waals surface area contributed by atoms with E-state index in [9.17, 15) is 9.59 Å². The second-order valence-corrected chi connectivity index (χ2v) is 8.16.